The van der Waals surface area contributed by atoms with Gasteiger partial charge in [-0.25, -0.2) is 4.98 Å². The van der Waals surface area contributed by atoms with Gasteiger partial charge in [0.05, 0.1) is 30.4 Å². The van der Waals surface area contributed by atoms with E-state index in [4.69, 9.17) is 20.6 Å². The minimum Gasteiger partial charge on any atom is -0.497 e. The monoisotopic (exact) mass is 305 g/mol. The molecule has 0 atom stereocenters. The van der Waals surface area contributed by atoms with Crippen molar-refractivity contribution < 1.29 is 9.47 Å². The SMILES string of the molecule is CCCc1nc(-c2cc(OC)ccc2OC)sc1C(=N)N. The molecule has 2 rings (SSSR count). The number of methoxy groups -OCH3 is 2. The number of ether oxygens (including phenoxy) is 2. The molecule has 0 aliphatic heterocycles. The first kappa shape index (κ1) is 15.3. The van der Waals surface area contributed by atoms with Gasteiger partial charge in [-0.15, -0.1) is 11.3 Å². The molecule has 0 unspecified atom stereocenters. The van der Waals surface area contributed by atoms with Gasteiger partial charge in [0.25, 0.3) is 0 Å². The van der Waals surface area contributed by atoms with Crippen LogP contribution in [0.15, 0.2) is 18.2 Å². The fourth-order valence-electron chi connectivity index (χ4n) is 2.06. The molecule has 5 nitrogen and oxygen atoms in total. The normalized spacial score (nSPS) is 10.4. The Morgan fingerprint density at radius 3 is 2.67 bits per heavy atom. The number of thiazole rings is 1. The maximum absolute atomic E-state index is 7.70. The lowest BCUT2D eigenvalue weighted by Gasteiger charge is -2.08. The number of nitrogen functional groups attached to an aromatic ring is 1. The van der Waals surface area contributed by atoms with Crippen molar-refractivity contribution in [1.82, 2.24) is 4.98 Å². The Kier molecular flexibility index (Phi) is 4.80. The second-order valence-corrected chi connectivity index (χ2v) is 5.52. The van der Waals surface area contributed by atoms with E-state index in [0.29, 0.717) is 0 Å². The van der Waals surface area contributed by atoms with Crippen LogP contribution in [0.25, 0.3) is 10.6 Å². The molecule has 0 aliphatic carbocycles. The van der Waals surface area contributed by atoms with Gasteiger partial charge < -0.3 is 15.2 Å². The van der Waals surface area contributed by atoms with Crippen LogP contribution in [0.4, 0.5) is 0 Å². The van der Waals surface area contributed by atoms with E-state index < -0.39 is 0 Å². The number of rotatable bonds is 6. The first-order valence-electron chi connectivity index (χ1n) is 6.67. The molecule has 0 spiro atoms. The summed E-state index contributed by atoms with van der Waals surface area (Å²) in [7, 11) is 3.24. The molecule has 0 saturated carbocycles. The van der Waals surface area contributed by atoms with Gasteiger partial charge in [0.2, 0.25) is 0 Å². The summed E-state index contributed by atoms with van der Waals surface area (Å²) in [5.74, 6) is 1.52. The third-order valence-corrected chi connectivity index (χ3v) is 4.23. The molecular weight excluding hydrogens is 286 g/mol. The Morgan fingerprint density at radius 2 is 2.10 bits per heavy atom. The molecular formula is C15H19N3O2S. The van der Waals surface area contributed by atoms with Crippen LogP contribution in [0.1, 0.15) is 23.9 Å². The van der Waals surface area contributed by atoms with Gasteiger partial charge in [-0.05, 0) is 24.6 Å². The zero-order valence-electron chi connectivity index (χ0n) is 12.4. The number of nitrogens with one attached hydrogen (secondary N) is 1. The van der Waals surface area contributed by atoms with Crippen molar-refractivity contribution in [3.8, 4) is 22.1 Å². The quantitative estimate of drug-likeness (QED) is 0.635. The van der Waals surface area contributed by atoms with Gasteiger partial charge >= 0.3 is 0 Å². The molecule has 21 heavy (non-hydrogen) atoms. The highest BCUT2D eigenvalue weighted by Gasteiger charge is 2.17. The van der Waals surface area contributed by atoms with E-state index in [0.717, 1.165) is 45.5 Å². The summed E-state index contributed by atoms with van der Waals surface area (Å²) in [5, 5.41) is 8.49. The Balaban J connectivity index is 2.55. The van der Waals surface area contributed by atoms with Crippen molar-refractivity contribution in [2.75, 3.05) is 14.2 Å². The molecule has 0 aliphatic rings. The summed E-state index contributed by atoms with van der Waals surface area (Å²) in [5.41, 5.74) is 7.38. The minimum atomic E-state index is 0.0593. The van der Waals surface area contributed by atoms with Crippen LogP contribution in [0.2, 0.25) is 0 Å². The molecule has 1 aromatic heterocycles. The van der Waals surface area contributed by atoms with Crippen LogP contribution >= 0.6 is 11.3 Å². The standard InChI is InChI=1S/C15H19N3O2S/c1-4-5-11-13(14(16)17)21-15(18-11)10-8-9(19-2)6-7-12(10)20-3/h6-8H,4-5H2,1-3H3,(H3,16,17). The summed E-state index contributed by atoms with van der Waals surface area (Å²) >= 11 is 1.41. The van der Waals surface area contributed by atoms with Gasteiger partial charge in [-0.2, -0.15) is 0 Å². The molecule has 112 valence electrons. The van der Waals surface area contributed by atoms with Crippen molar-refractivity contribution in [2.24, 2.45) is 5.73 Å². The first-order chi connectivity index (χ1) is 10.1. The lowest BCUT2D eigenvalue weighted by atomic mass is 10.2. The summed E-state index contributed by atoms with van der Waals surface area (Å²) in [6, 6.07) is 5.58. The summed E-state index contributed by atoms with van der Waals surface area (Å²) < 4.78 is 10.7. The number of benzene rings is 1. The fourth-order valence-corrected chi connectivity index (χ4v) is 3.06. The van der Waals surface area contributed by atoms with Gasteiger partial charge in [-0.1, -0.05) is 13.3 Å². The van der Waals surface area contributed by atoms with E-state index in [9.17, 15) is 0 Å². The van der Waals surface area contributed by atoms with E-state index in [-0.39, 0.29) is 5.84 Å². The third-order valence-electron chi connectivity index (χ3n) is 3.07. The predicted molar refractivity (Wildman–Crippen MR) is 85.7 cm³/mol. The van der Waals surface area contributed by atoms with Crippen molar-refractivity contribution in [3.63, 3.8) is 0 Å². The number of aryl methyl sites for hydroxylation is 1. The smallest absolute Gasteiger partial charge is 0.135 e. The Hall–Kier alpha value is -2.08. The molecule has 1 aromatic carbocycles. The van der Waals surface area contributed by atoms with Crippen LogP contribution < -0.4 is 15.2 Å². The predicted octanol–water partition coefficient (Wildman–Crippen LogP) is 3.06. The first-order valence-corrected chi connectivity index (χ1v) is 7.48. The van der Waals surface area contributed by atoms with Crippen molar-refractivity contribution in [2.45, 2.75) is 19.8 Å². The Morgan fingerprint density at radius 1 is 1.33 bits per heavy atom. The second kappa shape index (κ2) is 6.58. The highest BCUT2D eigenvalue weighted by molar-refractivity contribution is 7.17. The third kappa shape index (κ3) is 3.16. The maximum Gasteiger partial charge on any atom is 0.135 e. The molecule has 1 heterocycles. The van der Waals surface area contributed by atoms with Crippen LogP contribution in [-0.4, -0.2) is 25.0 Å². The molecule has 2 aromatic rings. The molecule has 0 bridgehead atoms. The number of hydrogen-bond donors (Lipinski definition) is 2. The van der Waals surface area contributed by atoms with Gasteiger partial charge in [0.15, 0.2) is 0 Å². The lowest BCUT2D eigenvalue weighted by Crippen LogP contribution is -2.11. The van der Waals surface area contributed by atoms with Crippen LogP contribution in [0.3, 0.4) is 0 Å². The summed E-state index contributed by atoms with van der Waals surface area (Å²) in [4.78, 5) is 5.37. The average molecular weight is 305 g/mol. The number of hydrogen-bond acceptors (Lipinski definition) is 5. The largest absolute Gasteiger partial charge is 0.497 e. The molecule has 3 N–H and O–H groups in total. The number of nitrogens with two attached hydrogens (primary N) is 1. The number of aromatic nitrogens is 1. The molecule has 0 radical (unpaired) electrons. The van der Waals surface area contributed by atoms with Crippen LogP contribution in [0.5, 0.6) is 11.5 Å². The second-order valence-electron chi connectivity index (χ2n) is 4.52. The maximum atomic E-state index is 7.70. The lowest BCUT2D eigenvalue weighted by molar-refractivity contribution is 0.404. The highest BCUT2D eigenvalue weighted by Crippen LogP contribution is 2.37. The minimum absolute atomic E-state index is 0.0593. The number of amidine groups is 1. The molecule has 0 amide bonds. The van der Waals surface area contributed by atoms with E-state index in [1.54, 1.807) is 14.2 Å². The molecule has 0 fully saturated rings. The van der Waals surface area contributed by atoms with E-state index in [1.807, 2.05) is 18.2 Å². The Labute approximate surface area is 128 Å². The van der Waals surface area contributed by atoms with Crippen LogP contribution in [0, 0.1) is 5.41 Å². The number of nitrogens with zero attached hydrogens (tertiary/aromatic N) is 1. The molecule has 0 saturated heterocycles. The average Bonchev–Trinajstić information content (AvgIpc) is 2.91. The van der Waals surface area contributed by atoms with Crippen molar-refractivity contribution in [1.29, 1.82) is 5.41 Å². The summed E-state index contributed by atoms with van der Waals surface area (Å²) in [6.07, 6.45) is 1.76. The van der Waals surface area contributed by atoms with Gasteiger partial charge in [0, 0.05) is 0 Å². The van der Waals surface area contributed by atoms with E-state index in [2.05, 4.69) is 11.9 Å². The highest BCUT2D eigenvalue weighted by atomic mass is 32.1. The van der Waals surface area contributed by atoms with Gasteiger partial charge in [-0.3, -0.25) is 5.41 Å². The zero-order valence-corrected chi connectivity index (χ0v) is 13.2. The van der Waals surface area contributed by atoms with Gasteiger partial charge in [0.1, 0.15) is 22.3 Å². The Bertz CT molecular complexity index is 652. The van der Waals surface area contributed by atoms with Crippen LogP contribution in [-0.2, 0) is 6.42 Å². The molecule has 6 heteroatoms. The van der Waals surface area contributed by atoms with E-state index in [1.165, 1.54) is 11.3 Å². The van der Waals surface area contributed by atoms with Crippen molar-refractivity contribution in [3.05, 3.63) is 28.8 Å². The zero-order chi connectivity index (χ0) is 15.4. The topological polar surface area (TPSA) is 81.2 Å². The fraction of sp³-hybridized carbons (Fsp3) is 0.333. The van der Waals surface area contributed by atoms with Crippen molar-refractivity contribution >= 4 is 17.2 Å². The van der Waals surface area contributed by atoms with E-state index >= 15 is 0 Å². The summed E-state index contributed by atoms with van der Waals surface area (Å²) in [6.45, 7) is 2.08.